The normalized spacial score (nSPS) is 15.2. The van der Waals surface area contributed by atoms with Crippen molar-refractivity contribution in [3.8, 4) is 0 Å². The minimum atomic E-state index is -0.0916. The molecule has 0 unspecified atom stereocenters. The second-order valence-corrected chi connectivity index (χ2v) is 9.45. The predicted molar refractivity (Wildman–Crippen MR) is 134 cm³/mol. The van der Waals surface area contributed by atoms with E-state index in [1.54, 1.807) is 23.2 Å². The minimum absolute atomic E-state index is 0.0676. The van der Waals surface area contributed by atoms with Crippen LogP contribution in [0.4, 0.5) is 5.82 Å². The Morgan fingerprint density at radius 1 is 0.971 bits per heavy atom. The second kappa shape index (κ2) is 7.46. The summed E-state index contributed by atoms with van der Waals surface area (Å²) in [5.74, 6) is 0.758. The van der Waals surface area contributed by atoms with Gasteiger partial charge in [0.1, 0.15) is 5.82 Å². The van der Waals surface area contributed by atoms with E-state index in [0.717, 1.165) is 64.8 Å². The number of fused-ring (bicyclic) bond motifs is 3. The van der Waals surface area contributed by atoms with Gasteiger partial charge in [-0.3, -0.25) is 13.7 Å². The fourth-order valence-corrected chi connectivity index (χ4v) is 5.43. The summed E-state index contributed by atoms with van der Waals surface area (Å²) in [5, 5.41) is 1.03. The number of rotatable bonds is 2. The molecule has 3 aromatic heterocycles. The lowest BCUT2D eigenvalue weighted by Crippen LogP contribution is -2.37. The lowest BCUT2D eigenvalue weighted by atomic mass is 10.0. The van der Waals surface area contributed by atoms with Gasteiger partial charge in [0, 0.05) is 38.6 Å². The highest BCUT2D eigenvalue weighted by molar-refractivity contribution is 6.29. The summed E-state index contributed by atoms with van der Waals surface area (Å²) in [4.78, 5) is 39.3. The molecule has 6 rings (SSSR count). The number of nitrogens with zero attached hydrogens (tertiary/aromatic N) is 6. The first-order valence-electron chi connectivity index (χ1n) is 11.3. The van der Waals surface area contributed by atoms with Gasteiger partial charge >= 0.3 is 11.4 Å². The molecule has 10 heteroatoms. The maximum Gasteiger partial charge on any atom is 0.328 e. The minimum Gasteiger partial charge on any atom is -0.356 e. The Bertz CT molecular complexity index is 1720. The molecular weight excluding hydrogens is 454 g/mol. The molecular formula is C24H24ClN7O2. The average molecular weight is 478 g/mol. The van der Waals surface area contributed by atoms with E-state index in [-0.39, 0.29) is 22.7 Å². The zero-order valence-electron chi connectivity index (χ0n) is 19.2. The number of aromatic nitrogens is 6. The van der Waals surface area contributed by atoms with E-state index in [2.05, 4.69) is 19.9 Å². The largest absolute Gasteiger partial charge is 0.356 e. The summed E-state index contributed by atoms with van der Waals surface area (Å²) in [7, 11) is 3.51. The number of piperidine rings is 1. The van der Waals surface area contributed by atoms with Gasteiger partial charge in [-0.15, -0.1) is 0 Å². The molecule has 9 nitrogen and oxygen atoms in total. The SMILES string of the molecule is Cc1ccc2c(c1)[nH]c(=O)n2C1CCN(c2nc(Cl)nc3cc4c(cc23)n(C)c(=O)n4C)CC1. The number of anilines is 1. The van der Waals surface area contributed by atoms with Gasteiger partial charge in [0.15, 0.2) is 0 Å². The van der Waals surface area contributed by atoms with Crippen LogP contribution in [0.1, 0.15) is 24.4 Å². The Kier molecular flexibility index (Phi) is 4.60. The van der Waals surface area contributed by atoms with E-state index in [1.807, 2.05) is 41.8 Å². The molecule has 5 aromatic rings. The van der Waals surface area contributed by atoms with Crippen molar-refractivity contribution < 1.29 is 0 Å². The van der Waals surface area contributed by atoms with Gasteiger partial charge in [0.2, 0.25) is 5.28 Å². The molecule has 0 radical (unpaired) electrons. The van der Waals surface area contributed by atoms with E-state index in [4.69, 9.17) is 11.6 Å². The zero-order chi connectivity index (χ0) is 23.7. The van der Waals surface area contributed by atoms with Crippen molar-refractivity contribution in [1.29, 1.82) is 0 Å². The molecule has 1 aliphatic heterocycles. The number of halogens is 1. The molecule has 4 heterocycles. The fourth-order valence-electron chi connectivity index (χ4n) is 5.26. The summed E-state index contributed by atoms with van der Waals surface area (Å²) < 4.78 is 5.13. The highest BCUT2D eigenvalue weighted by atomic mass is 35.5. The molecule has 0 atom stereocenters. The molecule has 1 aliphatic rings. The number of aromatic amines is 1. The summed E-state index contributed by atoms with van der Waals surface area (Å²) in [6.07, 6.45) is 1.60. The standard InChI is InChI=1S/C24H24ClN7O2/c1-13-4-5-18-17(10-13)27-23(33)32(18)14-6-8-31(9-7-14)21-15-11-19-20(30(3)24(34)29(19)2)12-16(15)26-22(25)28-21/h4-5,10-12,14H,6-9H2,1-3H3,(H,27,33). The van der Waals surface area contributed by atoms with Crippen molar-refractivity contribution in [3.63, 3.8) is 0 Å². The van der Waals surface area contributed by atoms with Crippen LogP contribution in [0.3, 0.4) is 0 Å². The highest BCUT2D eigenvalue weighted by Crippen LogP contribution is 2.33. The van der Waals surface area contributed by atoms with Crippen LogP contribution >= 0.6 is 11.6 Å². The first-order valence-corrected chi connectivity index (χ1v) is 11.7. The molecule has 1 saturated heterocycles. The van der Waals surface area contributed by atoms with Gasteiger partial charge in [-0.25, -0.2) is 14.6 Å². The number of imidazole rings is 2. The van der Waals surface area contributed by atoms with Crippen LogP contribution in [-0.2, 0) is 14.1 Å². The number of H-pyrrole nitrogens is 1. The molecule has 0 saturated carbocycles. The topological polar surface area (TPSA) is 93.7 Å². The summed E-state index contributed by atoms with van der Waals surface area (Å²) in [6, 6.07) is 10.0. The van der Waals surface area contributed by atoms with Gasteiger partial charge in [-0.2, -0.15) is 4.98 Å². The third-order valence-corrected chi connectivity index (χ3v) is 7.21. The molecule has 0 amide bonds. The smallest absolute Gasteiger partial charge is 0.328 e. The maximum absolute atomic E-state index is 12.7. The van der Waals surface area contributed by atoms with Crippen LogP contribution < -0.4 is 16.3 Å². The molecule has 0 spiro atoms. The van der Waals surface area contributed by atoms with Crippen LogP contribution in [0.25, 0.3) is 33.0 Å². The summed E-state index contributed by atoms with van der Waals surface area (Å²) in [6.45, 7) is 3.47. The van der Waals surface area contributed by atoms with Gasteiger partial charge in [-0.05, 0) is 61.2 Å². The van der Waals surface area contributed by atoms with Crippen molar-refractivity contribution in [2.24, 2.45) is 14.1 Å². The lowest BCUT2D eigenvalue weighted by Gasteiger charge is -2.33. The van der Waals surface area contributed by atoms with Crippen LogP contribution in [0, 0.1) is 6.92 Å². The van der Waals surface area contributed by atoms with Crippen molar-refractivity contribution in [2.45, 2.75) is 25.8 Å². The Morgan fingerprint density at radius 3 is 2.41 bits per heavy atom. The Balaban J connectivity index is 1.38. The number of aryl methyl sites for hydroxylation is 3. The fraction of sp³-hybridized carbons (Fsp3) is 0.333. The Morgan fingerprint density at radius 2 is 1.68 bits per heavy atom. The van der Waals surface area contributed by atoms with Crippen LogP contribution in [0.2, 0.25) is 5.28 Å². The van der Waals surface area contributed by atoms with E-state index in [1.165, 1.54) is 0 Å². The van der Waals surface area contributed by atoms with E-state index in [0.29, 0.717) is 5.52 Å². The maximum atomic E-state index is 12.7. The highest BCUT2D eigenvalue weighted by Gasteiger charge is 2.26. The van der Waals surface area contributed by atoms with E-state index >= 15 is 0 Å². The molecule has 1 N–H and O–H groups in total. The monoisotopic (exact) mass is 477 g/mol. The number of benzene rings is 2. The quantitative estimate of drug-likeness (QED) is 0.394. The van der Waals surface area contributed by atoms with Gasteiger partial charge in [0.25, 0.3) is 0 Å². The van der Waals surface area contributed by atoms with Crippen molar-refractivity contribution in [3.05, 3.63) is 62.1 Å². The first-order chi connectivity index (χ1) is 16.3. The molecule has 0 bridgehead atoms. The van der Waals surface area contributed by atoms with Crippen LogP contribution in [0.5, 0.6) is 0 Å². The number of nitrogens with one attached hydrogen (secondary N) is 1. The zero-order valence-corrected chi connectivity index (χ0v) is 19.9. The molecule has 1 fully saturated rings. The van der Waals surface area contributed by atoms with E-state index < -0.39 is 0 Å². The lowest BCUT2D eigenvalue weighted by molar-refractivity contribution is 0.396. The van der Waals surface area contributed by atoms with Gasteiger partial charge < -0.3 is 9.88 Å². The average Bonchev–Trinajstić information content (AvgIpc) is 3.25. The van der Waals surface area contributed by atoms with Crippen LogP contribution in [-0.4, -0.2) is 41.7 Å². The van der Waals surface area contributed by atoms with Crippen LogP contribution in [0.15, 0.2) is 39.9 Å². The van der Waals surface area contributed by atoms with E-state index in [9.17, 15) is 9.59 Å². The first kappa shape index (κ1) is 21.0. The van der Waals surface area contributed by atoms with Crippen molar-refractivity contribution in [1.82, 2.24) is 28.7 Å². The number of hydrogen-bond donors (Lipinski definition) is 1. The summed E-state index contributed by atoms with van der Waals surface area (Å²) in [5.41, 5.74) is 5.10. The van der Waals surface area contributed by atoms with Crippen molar-refractivity contribution >= 4 is 50.4 Å². The molecule has 34 heavy (non-hydrogen) atoms. The predicted octanol–water partition coefficient (Wildman–Crippen LogP) is 3.27. The van der Waals surface area contributed by atoms with Gasteiger partial charge in [-0.1, -0.05) is 6.07 Å². The summed E-state index contributed by atoms with van der Waals surface area (Å²) >= 11 is 6.31. The van der Waals surface area contributed by atoms with Gasteiger partial charge in [0.05, 0.1) is 27.6 Å². The molecule has 174 valence electrons. The van der Waals surface area contributed by atoms with Crippen molar-refractivity contribution in [2.75, 3.05) is 18.0 Å². The number of hydrogen-bond acceptors (Lipinski definition) is 5. The molecule has 0 aliphatic carbocycles. The third-order valence-electron chi connectivity index (χ3n) is 7.04. The Hall–Kier alpha value is -3.59. The molecule has 2 aromatic carbocycles. The Labute approximate surface area is 199 Å². The third kappa shape index (κ3) is 3.07. The second-order valence-electron chi connectivity index (χ2n) is 9.11.